The number of rotatable bonds is 6. The molecule has 1 aliphatic rings. The Morgan fingerprint density at radius 3 is 2.52 bits per heavy atom. The van der Waals surface area contributed by atoms with Crippen molar-refractivity contribution < 1.29 is 4.55 Å². The zero-order chi connectivity index (χ0) is 21.0. The van der Waals surface area contributed by atoms with Crippen molar-refractivity contribution in [2.45, 2.75) is 23.9 Å². The van der Waals surface area contributed by atoms with Crippen molar-refractivity contribution in [3.63, 3.8) is 0 Å². The van der Waals surface area contributed by atoms with Gasteiger partial charge in [-0.25, -0.2) is 0 Å². The SMILES string of the molecule is [O-][S+](N[C@@H]1CCN(Cc2ccc(-c3ccccc3)cc2)C1)c1cccc2cccnc12. The van der Waals surface area contributed by atoms with E-state index < -0.39 is 11.4 Å². The average molecular weight is 428 g/mol. The summed E-state index contributed by atoms with van der Waals surface area (Å²) >= 11 is -1.27. The first-order chi connectivity index (χ1) is 15.3. The maximum Gasteiger partial charge on any atom is 0.200 e. The summed E-state index contributed by atoms with van der Waals surface area (Å²) < 4.78 is 16.3. The Balaban J connectivity index is 1.19. The number of nitrogens with one attached hydrogen (secondary N) is 1. The van der Waals surface area contributed by atoms with E-state index in [-0.39, 0.29) is 6.04 Å². The molecular weight excluding hydrogens is 402 g/mol. The first-order valence-electron chi connectivity index (χ1n) is 10.6. The van der Waals surface area contributed by atoms with Gasteiger partial charge < -0.3 is 4.55 Å². The van der Waals surface area contributed by atoms with Gasteiger partial charge in [-0.3, -0.25) is 9.88 Å². The van der Waals surface area contributed by atoms with E-state index in [0.717, 1.165) is 41.9 Å². The lowest BCUT2D eigenvalue weighted by Gasteiger charge is -2.18. The van der Waals surface area contributed by atoms with Crippen LogP contribution in [0.4, 0.5) is 0 Å². The smallest absolute Gasteiger partial charge is 0.200 e. The van der Waals surface area contributed by atoms with E-state index in [4.69, 9.17) is 0 Å². The van der Waals surface area contributed by atoms with E-state index >= 15 is 0 Å². The molecule has 0 saturated carbocycles. The van der Waals surface area contributed by atoms with Gasteiger partial charge in [0.15, 0.2) is 4.90 Å². The first-order valence-corrected chi connectivity index (χ1v) is 11.8. The molecule has 4 aromatic rings. The van der Waals surface area contributed by atoms with Gasteiger partial charge in [0, 0.05) is 31.2 Å². The van der Waals surface area contributed by atoms with Gasteiger partial charge in [-0.15, -0.1) is 4.72 Å². The van der Waals surface area contributed by atoms with Crippen LogP contribution in [0.5, 0.6) is 0 Å². The van der Waals surface area contributed by atoms with Crippen LogP contribution >= 0.6 is 0 Å². The van der Waals surface area contributed by atoms with Crippen LogP contribution in [0.1, 0.15) is 12.0 Å². The van der Waals surface area contributed by atoms with Gasteiger partial charge in [-0.2, -0.15) is 0 Å². The van der Waals surface area contributed by atoms with Crippen LogP contribution < -0.4 is 4.72 Å². The lowest BCUT2D eigenvalue weighted by atomic mass is 10.0. The standard InChI is InChI=1S/C26H25N3OS/c30-31(25-10-4-8-23-9-5-16-27-26(23)25)28-24-15-17-29(19-24)18-20-11-13-22(14-12-20)21-6-2-1-3-7-21/h1-14,16,24,28H,15,17-19H2/t24-,31?/m1/s1. The Hall–Kier alpha value is -2.70. The normalized spacial score (nSPS) is 17.8. The van der Waals surface area contributed by atoms with Crippen LogP contribution in [-0.2, 0) is 17.9 Å². The molecule has 0 bridgehead atoms. The zero-order valence-corrected chi connectivity index (χ0v) is 18.1. The number of aromatic nitrogens is 1. The molecule has 4 nitrogen and oxygen atoms in total. The maximum absolute atomic E-state index is 13.0. The Labute approximate surface area is 186 Å². The van der Waals surface area contributed by atoms with Crippen molar-refractivity contribution in [2.24, 2.45) is 0 Å². The van der Waals surface area contributed by atoms with E-state index in [1.165, 1.54) is 16.7 Å². The summed E-state index contributed by atoms with van der Waals surface area (Å²) in [5, 5.41) is 1.02. The monoisotopic (exact) mass is 427 g/mol. The number of nitrogens with zero attached hydrogens (tertiary/aromatic N) is 2. The number of hydrogen-bond donors (Lipinski definition) is 1. The van der Waals surface area contributed by atoms with E-state index in [0.29, 0.717) is 0 Å². The molecule has 1 saturated heterocycles. The zero-order valence-electron chi connectivity index (χ0n) is 17.3. The van der Waals surface area contributed by atoms with Crippen molar-refractivity contribution in [1.29, 1.82) is 0 Å². The molecule has 1 aliphatic heterocycles. The predicted molar refractivity (Wildman–Crippen MR) is 127 cm³/mol. The molecule has 156 valence electrons. The van der Waals surface area contributed by atoms with Gasteiger partial charge in [-0.1, -0.05) is 72.8 Å². The third-order valence-corrected chi connectivity index (χ3v) is 7.09. The molecule has 1 N–H and O–H groups in total. The van der Waals surface area contributed by atoms with Crippen LogP contribution in [0.2, 0.25) is 0 Å². The Morgan fingerprint density at radius 1 is 0.903 bits per heavy atom. The van der Waals surface area contributed by atoms with Crippen LogP contribution in [0, 0.1) is 0 Å². The van der Waals surface area contributed by atoms with Gasteiger partial charge in [0.2, 0.25) is 0 Å². The van der Waals surface area contributed by atoms with E-state index in [1.807, 2.05) is 36.4 Å². The van der Waals surface area contributed by atoms with Crippen molar-refractivity contribution in [2.75, 3.05) is 13.1 Å². The van der Waals surface area contributed by atoms with Crippen molar-refractivity contribution in [3.8, 4) is 11.1 Å². The second-order valence-electron chi connectivity index (χ2n) is 8.00. The van der Waals surface area contributed by atoms with Crippen LogP contribution in [0.25, 0.3) is 22.0 Å². The highest BCUT2D eigenvalue weighted by Crippen LogP contribution is 2.23. The molecular formula is C26H25N3OS. The largest absolute Gasteiger partial charge is 0.593 e. The molecule has 0 aliphatic carbocycles. The average Bonchev–Trinajstić information content (AvgIpc) is 3.26. The van der Waals surface area contributed by atoms with Gasteiger partial charge in [0.25, 0.3) is 0 Å². The third-order valence-electron chi connectivity index (χ3n) is 5.81. The molecule has 1 aromatic heterocycles. The second kappa shape index (κ2) is 9.20. The Bertz CT molecular complexity index is 1140. The summed E-state index contributed by atoms with van der Waals surface area (Å²) in [5.41, 5.74) is 4.60. The first kappa shape index (κ1) is 20.2. The van der Waals surface area contributed by atoms with Crippen molar-refractivity contribution in [3.05, 3.63) is 96.7 Å². The summed E-state index contributed by atoms with van der Waals surface area (Å²) in [6.07, 6.45) is 2.75. The van der Waals surface area contributed by atoms with Crippen molar-refractivity contribution >= 4 is 22.3 Å². The molecule has 2 atom stereocenters. The molecule has 3 aromatic carbocycles. The fourth-order valence-electron chi connectivity index (χ4n) is 4.20. The second-order valence-corrected chi connectivity index (χ2v) is 9.21. The van der Waals surface area contributed by atoms with Gasteiger partial charge >= 0.3 is 0 Å². The summed E-state index contributed by atoms with van der Waals surface area (Å²) in [6, 6.07) is 29.2. The molecule has 0 radical (unpaired) electrons. The quantitative estimate of drug-likeness (QED) is 0.450. The summed E-state index contributed by atoms with van der Waals surface area (Å²) in [4.78, 5) is 7.61. The Kier molecular flexibility index (Phi) is 6.00. The highest BCUT2D eigenvalue weighted by atomic mass is 32.2. The topological polar surface area (TPSA) is 51.2 Å². The lowest BCUT2D eigenvalue weighted by Crippen LogP contribution is -2.37. The Morgan fingerprint density at radius 2 is 1.68 bits per heavy atom. The van der Waals surface area contributed by atoms with Gasteiger partial charge in [0.1, 0.15) is 5.52 Å². The van der Waals surface area contributed by atoms with Crippen LogP contribution in [-0.4, -0.2) is 33.6 Å². The third kappa shape index (κ3) is 4.65. The number of likely N-dealkylation sites (tertiary alicyclic amines) is 1. The van der Waals surface area contributed by atoms with E-state index in [2.05, 4.69) is 63.1 Å². The fourth-order valence-corrected chi connectivity index (χ4v) is 5.37. The van der Waals surface area contributed by atoms with E-state index in [1.54, 1.807) is 6.20 Å². The minimum atomic E-state index is -1.27. The molecule has 5 heteroatoms. The molecule has 1 fully saturated rings. The molecule has 31 heavy (non-hydrogen) atoms. The van der Waals surface area contributed by atoms with E-state index in [9.17, 15) is 4.55 Å². The summed E-state index contributed by atoms with van der Waals surface area (Å²) in [6.45, 7) is 2.81. The van der Waals surface area contributed by atoms with Crippen LogP contribution in [0.3, 0.4) is 0 Å². The maximum atomic E-state index is 13.0. The number of hydrogen-bond acceptors (Lipinski definition) is 4. The molecule has 0 amide bonds. The highest BCUT2D eigenvalue weighted by Gasteiger charge is 2.28. The summed E-state index contributed by atoms with van der Waals surface area (Å²) in [7, 11) is 0. The van der Waals surface area contributed by atoms with Gasteiger partial charge in [0.05, 0.1) is 17.4 Å². The fraction of sp³-hybridized carbons (Fsp3) is 0.192. The predicted octanol–water partition coefficient (Wildman–Crippen LogP) is 4.79. The number of fused-ring (bicyclic) bond motifs is 1. The molecule has 5 rings (SSSR count). The van der Waals surface area contributed by atoms with Crippen molar-refractivity contribution in [1.82, 2.24) is 14.6 Å². The minimum absolute atomic E-state index is 0.211. The number of para-hydroxylation sites is 1. The number of pyridine rings is 1. The molecule has 2 heterocycles. The van der Waals surface area contributed by atoms with Crippen LogP contribution in [0.15, 0.2) is 96.0 Å². The highest BCUT2D eigenvalue weighted by molar-refractivity contribution is 7.89. The lowest BCUT2D eigenvalue weighted by molar-refractivity contribution is 0.324. The molecule has 0 spiro atoms. The number of benzene rings is 3. The summed E-state index contributed by atoms with van der Waals surface area (Å²) in [5.74, 6) is 0. The minimum Gasteiger partial charge on any atom is -0.593 e. The van der Waals surface area contributed by atoms with Gasteiger partial charge in [-0.05, 0) is 35.2 Å². The molecule has 1 unspecified atom stereocenters.